The number of hydrogen-bond donors (Lipinski definition) is 3. The first-order valence-electron chi connectivity index (χ1n) is 5.52. The molecule has 1 saturated carbocycles. The fraction of sp³-hybridized carbons (Fsp3) is 0.250. The van der Waals surface area contributed by atoms with Gasteiger partial charge in [0.15, 0.2) is 0 Å². The number of rotatable bonds is 3. The van der Waals surface area contributed by atoms with E-state index in [1.54, 1.807) is 12.3 Å². The minimum Gasteiger partial charge on any atom is -0.480 e. The van der Waals surface area contributed by atoms with Crippen molar-refractivity contribution in [2.24, 2.45) is 5.41 Å². The number of carbonyl (C=O) groups excluding carboxylic acids is 1. The summed E-state index contributed by atoms with van der Waals surface area (Å²) in [6.45, 7) is 0. The van der Waals surface area contributed by atoms with Crippen molar-refractivity contribution in [1.29, 1.82) is 0 Å². The number of aliphatic carboxylic acids is 1. The van der Waals surface area contributed by atoms with Gasteiger partial charge < -0.3 is 15.4 Å². The molecule has 1 aliphatic carbocycles. The lowest BCUT2D eigenvalue weighted by Crippen LogP contribution is -2.31. The molecule has 6 heteroatoms. The lowest BCUT2D eigenvalue weighted by atomic mass is 10.1. The SMILES string of the molecule is O=C(O)C1(C(=O)Nc2[c]c3cc[nH]c3nc2)CC1. The van der Waals surface area contributed by atoms with Crippen LogP contribution < -0.4 is 5.32 Å². The minimum absolute atomic E-state index is 0.383. The summed E-state index contributed by atoms with van der Waals surface area (Å²) in [4.78, 5) is 29.9. The number of nitrogens with one attached hydrogen (secondary N) is 2. The van der Waals surface area contributed by atoms with Crippen molar-refractivity contribution < 1.29 is 14.7 Å². The zero-order chi connectivity index (χ0) is 12.8. The molecular formula is C12H10N3O3. The van der Waals surface area contributed by atoms with Crippen LogP contribution in [0.2, 0.25) is 0 Å². The second kappa shape index (κ2) is 3.56. The molecule has 91 valence electrons. The van der Waals surface area contributed by atoms with Gasteiger partial charge in [-0.3, -0.25) is 9.59 Å². The Labute approximate surface area is 102 Å². The van der Waals surface area contributed by atoms with E-state index < -0.39 is 17.3 Å². The van der Waals surface area contributed by atoms with Gasteiger partial charge in [-0.15, -0.1) is 0 Å². The van der Waals surface area contributed by atoms with Crippen LogP contribution in [0, 0.1) is 11.5 Å². The lowest BCUT2D eigenvalue weighted by Gasteiger charge is -2.10. The molecule has 0 saturated heterocycles. The summed E-state index contributed by atoms with van der Waals surface area (Å²) >= 11 is 0. The van der Waals surface area contributed by atoms with Crippen molar-refractivity contribution in [2.45, 2.75) is 12.8 Å². The topological polar surface area (TPSA) is 95.1 Å². The fourth-order valence-electron chi connectivity index (χ4n) is 1.84. The number of nitrogens with zero attached hydrogens (tertiary/aromatic N) is 1. The van der Waals surface area contributed by atoms with Crippen LogP contribution in [-0.2, 0) is 9.59 Å². The van der Waals surface area contributed by atoms with E-state index in [1.807, 2.05) is 0 Å². The van der Waals surface area contributed by atoms with E-state index in [9.17, 15) is 9.59 Å². The van der Waals surface area contributed by atoms with Gasteiger partial charge in [-0.2, -0.15) is 0 Å². The van der Waals surface area contributed by atoms with E-state index >= 15 is 0 Å². The van der Waals surface area contributed by atoms with Crippen LogP contribution in [0.1, 0.15) is 12.8 Å². The monoisotopic (exact) mass is 244 g/mol. The average Bonchev–Trinajstić information content (AvgIpc) is 3.03. The maximum absolute atomic E-state index is 11.9. The van der Waals surface area contributed by atoms with Gasteiger partial charge >= 0.3 is 5.97 Å². The van der Waals surface area contributed by atoms with Gasteiger partial charge in [0.05, 0.1) is 11.9 Å². The molecule has 0 aliphatic heterocycles. The number of carboxylic acids is 1. The smallest absolute Gasteiger partial charge is 0.319 e. The number of carbonyl (C=O) groups is 2. The Kier molecular flexibility index (Phi) is 2.13. The molecule has 0 unspecified atom stereocenters. The van der Waals surface area contributed by atoms with Crippen molar-refractivity contribution in [2.75, 3.05) is 5.32 Å². The number of pyridine rings is 1. The Hall–Kier alpha value is -2.37. The highest BCUT2D eigenvalue weighted by atomic mass is 16.4. The molecule has 0 spiro atoms. The number of fused-ring (bicyclic) bond motifs is 1. The molecule has 1 aliphatic rings. The van der Waals surface area contributed by atoms with E-state index in [2.05, 4.69) is 21.4 Å². The molecule has 3 rings (SSSR count). The van der Waals surface area contributed by atoms with Gasteiger partial charge in [-0.05, 0) is 18.9 Å². The van der Waals surface area contributed by atoms with Gasteiger partial charge in [0.2, 0.25) is 5.91 Å². The molecule has 0 aromatic carbocycles. The number of H-pyrrole nitrogens is 1. The van der Waals surface area contributed by atoms with E-state index in [-0.39, 0.29) is 0 Å². The minimum atomic E-state index is -1.25. The predicted octanol–water partition coefficient (Wildman–Crippen LogP) is 1.17. The first-order chi connectivity index (χ1) is 8.62. The molecule has 0 bridgehead atoms. The van der Waals surface area contributed by atoms with Gasteiger partial charge in [0.1, 0.15) is 11.1 Å². The molecular weight excluding hydrogens is 234 g/mol. The fourth-order valence-corrected chi connectivity index (χ4v) is 1.84. The summed E-state index contributed by atoms with van der Waals surface area (Å²) in [7, 11) is 0. The maximum atomic E-state index is 11.9. The number of hydrogen-bond acceptors (Lipinski definition) is 3. The van der Waals surface area contributed by atoms with E-state index in [0.717, 1.165) is 5.39 Å². The van der Waals surface area contributed by atoms with Crippen LogP contribution in [0.25, 0.3) is 11.0 Å². The van der Waals surface area contributed by atoms with Crippen molar-refractivity contribution in [3.63, 3.8) is 0 Å². The summed E-state index contributed by atoms with van der Waals surface area (Å²) in [6, 6.07) is 4.74. The third kappa shape index (κ3) is 1.54. The summed E-state index contributed by atoms with van der Waals surface area (Å²) in [6.07, 6.45) is 3.94. The van der Waals surface area contributed by atoms with Gasteiger partial charge in [0, 0.05) is 17.6 Å². The largest absolute Gasteiger partial charge is 0.480 e. The summed E-state index contributed by atoms with van der Waals surface area (Å²) < 4.78 is 0. The average molecular weight is 244 g/mol. The van der Waals surface area contributed by atoms with Crippen molar-refractivity contribution in [3.05, 3.63) is 24.5 Å². The standard InChI is InChI=1S/C12H10N3O3/c16-10(12(2-3-12)11(17)18)15-8-5-7-1-4-13-9(7)14-6-8/h1,4,6H,2-3H2,(H,13,14)(H,15,16)(H,17,18). The van der Waals surface area contributed by atoms with Crippen LogP contribution in [0.5, 0.6) is 0 Å². The van der Waals surface area contributed by atoms with Crippen LogP contribution in [0.3, 0.4) is 0 Å². The first kappa shape index (κ1) is 10.8. The Morgan fingerprint density at radius 2 is 2.28 bits per heavy atom. The first-order valence-corrected chi connectivity index (χ1v) is 5.52. The van der Waals surface area contributed by atoms with Crippen LogP contribution in [0.15, 0.2) is 18.5 Å². The Morgan fingerprint density at radius 3 is 2.94 bits per heavy atom. The van der Waals surface area contributed by atoms with Crippen molar-refractivity contribution in [3.8, 4) is 0 Å². The number of carboxylic acid groups (broad SMARTS) is 1. The molecule has 1 radical (unpaired) electrons. The van der Waals surface area contributed by atoms with E-state index in [0.29, 0.717) is 24.2 Å². The summed E-state index contributed by atoms with van der Waals surface area (Å²) in [5.41, 5.74) is -0.187. The highest BCUT2D eigenvalue weighted by Crippen LogP contribution is 2.46. The lowest BCUT2D eigenvalue weighted by molar-refractivity contribution is -0.147. The number of amides is 1. The molecule has 2 heterocycles. The zero-order valence-corrected chi connectivity index (χ0v) is 9.36. The normalized spacial score (nSPS) is 16.4. The van der Waals surface area contributed by atoms with Gasteiger partial charge in [0.25, 0.3) is 0 Å². The van der Waals surface area contributed by atoms with Crippen molar-refractivity contribution >= 4 is 28.6 Å². The highest BCUT2D eigenvalue weighted by molar-refractivity contribution is 6.11. The third-order valence-electron chi connectivity index (χ3n) is 3.16. The number of anilines is 1. The summed E-state index contributed by atoms with van der Waals surface area (Å²) in [5, 5.41) is 12.3. The molecule has 1 amide bonds. The Balaban J connectivity index is 1.84. The van der Waals surface area contributed by atoms with Crippen LogP contribution >= 0.6 is 0 Å². The summed E-state index contributed by atoms with van der Waals surface area (Å²) in [5.74, 6) is -1.57. The molecule has 6 nitrogen and oxygen atoms in total. The molecule has 2 aromatic rings. The zero-order valence-electron chi connectivity index (χ0n) is 9.36. The molecule has 0 atom stereocenters. The predicted molar refractivity (Wildman–Crippen MR) is 62.9 cm³/mol. The van der Waals surface area contributed by atoms with Crippen molar-refractivity contribution in [1.82, 2.24) is 9.97 Å². The van der Waals surface area contributed by atoms with Crippen LogP contribution in [-0.4, -0.2) is 27.0 Å². The maximum Gasteiger partial charge on any atom is 0.319 e. The van der Waals surface area contributed by atoms with Gasteiger partial charge in [-0.25, -0.2) is 4.98 Å². The van der Waals surface area contributed by atoms with E-state index in [1.165, 1.54) is 6.20 Å². The Morgan fingerprint density at radius 1 is 1.50 bits per heavy atom. The third-order valence-corrected chi connectivity index (χ3v) is 3.16. The van der Waals surface area contributed by atoms with Gasteiger partial charge in [-0.1, -0.05) is 0 Å². The van der Waals surface area contributed by atoms with Crippen LogP contribution in [0.4, 0.5) is 5.69 Å². The second-order valence-corrected chi connectivity index (χ2v) is 4.38. The Bertz CT molecular complexity index is 643. The van der Waals surface area contributed by atoms with E-state index in [4.69, 9.17) is 5.11 Å². The second-order valence-electron chi connectivity index (χ2n) is 4.38. The molecule has 3 N–H and O–H groups in total. The number of aromatic nitrogens is 2. The molecule has 1 fully saturated rings. The highest BCUT2D eigenvalue weighted by Gasteiger charge is 2.57. The number of aromatic amines is 1. The quantitative estimate of drug-likeness (QED) is 0.706. The molecule has 2 aromatic heterocycles. The molecule has 18 heavy (non-hydrogen) atoms.